The first kappa shape index (κ1) is 19.3. The number of carbonyl (C=O) groups is 2. The summed E-state index contributed by atoms with van der Waals surface area (Å²) in [4.78, 5) is 27.9. The molecule has 0 aliphatic carbocycles. The second-order valence-corrected chi connectivity index (χ2v) is 8.07. The molecule has 25 heavy (non-hydrogen) atoms. The summed E-state index contributed by atoms with van der Waals surface area (Å²) in [5.41, 5.74) is 1.95. The van der Waals surface area contributed by atoms with Gasteiger partial charge in [-0.15, -0.1) is 0 Å². The Hall–Kier alpha value is -2.04. The molecule has 0 bridgehead atoms. The molecule has 2 rings (SSSR count). The standard InChI is InChI=1S/C20H30N2O3/c1-14-7-9-16(10-8-14)17-11-15(2)22(12-17)18(23)13-21(6)19(24)25-20(3,4)5/h7-10,15,17H,11-13H2,1-6H3/t15-,17+/m1/s1. The number of likely N-dealkylation sites (N-methyl/N-ethyl adjacent to an activating group) is 1. The van der Waals surface area contributed by atoms with Gasteiger partial charge in [-0.1, -0.05) is 29.8 Å². The number of ether oxygens (including phenoxy) is 1. The number of aryl methyl sites for hydroxylation is 1. The molecule has 1 heterocycles. The SMILES string of the molecule is Cc1ccc([C@H]2C[C@@H](C)N(C(=O)CN(C)C(=O)OC(C)(C)C)C2)cc1. The lowest BCUT2D eigenvalue weighted by atomic mass is 9.96. The molecule has 1 fully saturated rings. The maximum absolute atomic E-state index is 12.6. The van der Waals surface area contributed by atoms with Crippen molar-refractivity contribution in [2.24, 2.45) is 0 Å². The van der Waals surface area contributed by atoms with Crippen LogP contribution in [0.2, 0.25) is 0 Å². The second-order valence-electron chi connectivity index (χ2n) is 8.07. The summed E-state index contributed by atoms with van der Waals surface area (Å²) in [5, 5.41) is 0. The Morgan fingerprint density at radius 3 is 2.40 bits per heavy atom. The van der Waals surface area contributed by atoms with Crippen LogP contribution < -0.4 is 0 Å². The molecule has 0 N–H and O–H groups in total. The topological polar surface area (TPSA) is 49.9 Å². The lowest BCUT2D eigenvalue weighted by molar-refractivity contribution is -0.132. The van der Waals surface area contributed by atoms with Crippen LogP contribution >= 0.6 is 0 Å². The number of hydrogen-bond donors (Lipinski definition) is 0. The number of amides is 2. The molecule has 1 aromatic carbocycles. The number of hydrogen-bond acceptors (Lipinski definition) is 3. The van der Waals surface area contributed by atoms with Crippen LogP contribution in [0.25, 0.3) is 0 Å². The lowest BCUT2D eigenvalue weighted by Crippen LogP contribution is -2.44. The van der Waals surface area contributed by atoms with Crippen LogP contribution in [0.3, 0.4) is 0 Å². The monoisotopic (exact) mass is 346 g/mol. The van der Waals surface area contributed by atoms with E-state index in [4.69, 9.17) is 4.74 Å². The summed E-state index contributed by atoms with van der Waals surface area (Å²) >= 11 is 0. The Morgan fingerprint density at radius 2 is 1.84 bits per heavy atom. The third-order valence-corrected chi connectivity index (χ3v) is 4.52. The van der Waals surface area contributed by atoms with Crippen molar-refractivity contribution in [1.82, 2.24) is 9.80 Å². The molecule has 0 radical (unpaired) electrons. The minimum absolute atomic E-state index is 0.0320. The molecule has 1 aliphatic heterocycles. The average Bonchev–Trinajstić information content (AvgIpc) is 2.88. The van der Waals surface area contributed by atoms with Gasteiger partial charge in [0.05, 0.1) is 0 Å². The Balaban J connectivity index is 1.95. The number of benzene rings is 1. The zero-order chi connectivity index (χ0) is 18.8. The molecular weight excluding hydrogens is 316 g/mol. The highest BCUT2D eigenvalue weighted by Gasteiger charge is 2.34. The third kappa shape index (κ3) is 5.21. The summed E-state index contributed by atoms with van der Waals surface area (Å²) in [7, 11) is 1.60. The van der Waals surface area contributed by atoms with Crippen LogP contribution in [0.4, 0.5) is 4.79 Å². The van der Waals surface area contributed by atoms with Gasteiger partial charge in [0.25, 0.3) is 0 Å². The van der Waals surface area contributed by atoms with Gasteiger partial charge >= 0.3 is 6.09 Å². The average molecular weight is 346 g/mol. The summed E-state index contributed by atoms with van der Waals surface area (Å²) in [6.45, 7) is 10.3. The van der Waals surface area contributed by atoms with Gasteiger partial charge < -0.3 is 14.5 Å². The van der Waals surface area contributed by atoms with E-state index in [9.17, 15) is 9.59 Å². The lowest BCUT2D eigenvalue weighted by Gasteiger charge is -2.27. The molecule has 2 atom stereocenters. The maximum atomic E-state index is 12.6. The fourth-order valence-corrected chi connectivity index (χ4v) is 3.16. The fraction of sp³-hybridized carbons (Fsp3) is 0.600. The smallest absolute Gasteiger partial charge is 0.410 e. The molecule has 138 valence electrons. The molecule has 1 aliphatic rings. The van der Waals surface area contributed by atoms with E-state index in [1.54, 1.807) is 7.05 Å². The molecule has 0 spiro atoms. The van der Waals surface area contributed by atoms with E-state index in [1.165, 1.54) is 16.0 Å². The minimum atomic E-state index is -0.564. The molecular formula is C20H30N2O3. The van der Waals surface area contributed by atoms with E-state index in [1.807, 2.05) is 25.7 Å². The van der Waals surface area contributed by atoms with Crippen molar-refractivity contribution in [2.45, 2.75) is 58.6 Å². The Bertz CT molecular complexity index is 619. The zero-order valence-corrected chi connectivity index (χ0v) is 16.2. The molecule has 0 unspecified atom stereocenters. The van der Waals surface area contributed by atoms with E-state index >= 15 is 0 Å². The van der Waals surface area contributed by atoms with Gasteiger partial charge in [-0.3, -0.25) is 4.79 Å². The van der Waals surface area contributed by atoms with E-state index in [0.29, 0.717) is 12.5 Å². The quantitative estimate of drug-likeness (QED) is 0.841. The van der Waals surface area contributed by atoms with Crippen molar-refractivity contribution in [2.75, 3.05) is 20.1 Å². The molecule has 1 aromatic rings. The highest BCUT2D eigenvalue weighted by atomic mass is 16.6. The number of nitrogens with zero attached hydrogens (tertiary/aromatic N) is 2. The van der Waals surface area contributed by atoms with Crippen molar-refractivity contribution in [3.8, 4) is 0 Å². The predicted octanol–water partition coefficient (Wildman–Crippen LogP) is 3.57. The van der Waals surface area contributed by atoms with Crippen molar-refractivity contribution in [1.29, 1.82) is 0 Å². The summed E-state index contributed by atoms with van der Waals surface area (Å²) in [6, 6.07) is 8.69. The van der Waals surface area contributed by atoms with E-state index in [2.05, 4.69) is 38.1 Å². The Kier molecular flexibility index (Phi) is 5.76. The van der Waals surface area contributed by atoms with Crippen LogP contribution in [0, 0.1) is 6.92 Å². The van der Waals surface area contributed by atoms with Crippen molar-refractivity contribution < 1.29 is 14.3 Å². The highest BCUT2D eigenvalue weighted by Crippen LogP contribution is 2.31. The first-order valence-electron chi connectivity index (χ1n) is 8.87. The Labute approximate surface area is 150 Å². The van der Waals surface area contributed by atoms with Crippen LogP contribution in [0.15, 0.2) is 24.3 Å². The van der Waals surface area contributed by atoms with E-state index in [-0.39, 0.29) is 18.5 Å². The van der Waals surface area contributed by atoms with E-state index < -0.39 is 11.7 Å². The molecule has 5 nitrogen and oxygen atoms in total. The largest absolute Gasteiger partial charge is 0.444 e. The highest BCUT2D eigenvalue weighted by molar-refractivity contribution is 5.82. The van der Waals surface area contributed by atoms with Crippen LogP contribution in [0.5, 0.6) is 0 Å². The van der Waals surface area contributed by atoms with Gasteiger partial charge in [0.2, 0.25) is 5.91 Å². The minimum Gasteiger partial charge on any atom is -0.444 e. The molecule has 1 saturated heterocycles. The van der Waals surface area contributed by atoms with Crippen LogP contribution in [0.1, 0.15) is 51.2 Å². The van der Waals surface area contributed by atoms with Gasteiger partial charge in [0, 0.05) is 25.6 Å². The van der Waals surface area contributed by atoms with Gasteiger partial charge in [0.1, 0.15) is 12.1 Å². The first-order valence-corrected chi connectivity index (χ1v) is 8.87. The van der Waals surface area contributed by atoms with Gasteiger partial charge in [0.15, 0.2) is 0 Å². The van der Waals surface area contributed by atoms with E-state index in [0.717, 1.165) is 6.42 Å². The van der Waals surface area contributed by atoms with Crippen LogP contribution in [-0.2, 0) is 9.53 Å². The van der Waals surface area contributed by atoms with Crippen molar-refractivity contribution in [3.05, 3.63) is 35.4 Å². The fourth-order valence-electron chi connectivity index (χ4n) is 3.16. The summed E-state index contributed by atoms with van der Waals surface area (Å²) < 4.78 is 5.31. The van der Waals surface area contributed by atoms with Crippen LogP contribution in [-0.4, -0.2) is 53.6 Å². The second kappa shape index (κ2) is 7.46. The maximum Gasteiger partial charge on any atom is 0.410 e. The number of likely N-dealkylation sites (tertiary alicyclic amines) is 1. The first-order chi connectivity index (χ1) is 11.6. The van der Waals surface area contributed by atoms with Crippen molar-refractivity contribution >= 4 is 12.0 Å². The summed E-state index contributed by atoms with van der Waals surface area (Å²) in [5.74, 6) is 0.321. The third-order valence-electron chi connectivity index (χ3n) is 4.52. The number of carbonyl (C=O) groups excluding carboxylic acids is 2. The summed E-state index contributed by atoms with van der Waals surface area (Å²) in [6.07, 6.45) is 0.480. The normalized spacial score (nSPS) is 20.5. The Morgan fingerprint density at radius 1 is 1.24 bits per heavy atom. The molecule has 0 aromatic heterocycles. The molecule has 2 amide bonds. The predicted molar refractivity (Wildman–Crippen MR) is 98.6 cm³/mol. The molecule has 0 saturated carbocycles. The van der Waals surface area contributed by atoms with Crippen molar-refractivity contribution in [3.63, 3.8) is 0 Å². The molecule has 5 heteroatoms. The van der Waals surface area contributed by atoms with Gasteiger partial charge in [-0.05, 0) is 46.6 Å². The van der Waals surface area contributed by atoms with Gasteiger partial charge in [-0.2, -0.15) is 0 Å². The zero-order valence-electron chi connectivity index (χ0n) is 16.2. The van der Waals surface area contributed by atoms with Gasteiger partial charge in [-0.25, -0.2) is 4.79 Å². The number of rotatable bonds is 3.